The van der Waals surface area contributed by atoms with Crippen LogP contribution in [0.4, 0.5) is 23.1 Å². The second kappa shape index (κ2) is 6.67. The van der Waals surface area contributed by atoms with Crippen molar-refractivity contribution < 1.29 is 22.7 Å². The first-order valence-corrected chi connectivity index (χ1v) is 9.87. The van der Waals surface area contributed by atoms with E-state index in [4.69, 9.17) is 4.74 Å². The maximum atomic E-state index is 13.6. The van der Waals surface area contributed by atoms with Crippen molar-refractivity contribution in [2.24, 2.45) is 11.3 Å². The number of halogens is 3. The number of carbonyl (C=O) groups excluding carboxylic acids is 1. The molecule has 2 saturated heterocycles. The van der Waals surface area contributed by atoms with Gasteiger partial charge in [0.2, 0.25) is 0 Å². The molecule has 2 atom stereocenters. The van der Waals surface area contributed by atoms with Gasteiger partial charge in [-0.15, -0.1) is 11.3 Å². The molecule has 1 aliphatic carbocycles. The third-order valence-corrected chi connectivity index (χ3v) is 7.16. The van der Waals surface area contributed by atoms with Crippen molar-refractivity contribution >= 4 is 22.5 Å². The number of anilines is 1. The number of nitrogens with one attached hydrogen (secondary N) is 1. The van der Waals surface area contributed by atoms with E-state index in [0.717, 1.165) is 30.9 Å². The number of hydrogen-bond acceptors (Lipinski definition) is 4. The van der Waals surface area contributed by atoms with Gasteiger partial charge in [-0.1, -0.05) is 6.42 Å². The summed E-state index contributed by atoms with van der Waals surface area (Å²) in [7, 11) is 0. The van der Waals surface area contributed by atoms with E-state index in [2.05, 4.69) is 10.3 Å². The highest BCUT2D eigenvalue weighted by atomic mass is 32.1. The zero-order valence-electron chi connectivity index (χ0n) is 14.3. The number of ether oxygens (including phenoxy) is 1. The minimum absolute atomic E-state index is 0.121. The summed E-state index contributed by atoms with van der Waals surface area (Å²) in [5.74, 6) is -0.103. The van der Waals surface area contributed by atoms with E-state index in [0.29, 0.717) is 23.9 Å². The van der Waals surface area contributed by atoms with E-state index in [-0.39, 0.29) is 19.5 Å². The molecule has 4 rings (SSSR count). The lowest BCUT2D eigenvalue weighted by Crippen LogP contribution is -2.43. The molecule has 2 amide bonds. The Morgan fingerprint density at radius 3 is 2.81 bits per heavy atom. The highest BCUT2D eigenvalue weighted by Crippen LogP contribution is 2.57. The fourth-order valence-corrected chi connectivity index (χ4v) is 5.57. The Labute approximate surface area is 153 Å². The molecule has 26 heavy (non-hydrogen) atoms. The fourth-order valence-electron chi connectivity index (χ4n) is 4.59. The molecule has 144 valence electrons. The maximum Gasteiger partial charge on any atom is 0.396 e. The molecular weight excluding hydrogens is 367 g/mol. The zero-order valence-corrected chi connectivity index (χ0v) is 15.2. The summed E-state index contributed by atoms with van der Waals surface area (Å²) in [6.07, 6.45) is 0.590. The molecule has 1 N–H and O–H groups in total. The van der Waals surface area contributed by atoms with Gasteiger partial charge in [0.1, 0.15) is 0 Å². The molecule has 3 heterocycles. The van der Waals surface area contributed by atoms with Crippen molar-refractivity contribution in [3.05, 3.63) is 11.1 Å². The molecule has 1 aromatic rings. The van der Waals surface area contributed by atoms with Gasteiger partial charge >= 0.3 is 12.2 Å². The van der Waals surface area contributed by atoms with Gasteiger partial charge in [0, 0.05) is 37.4 Å². The van der Waals surface area contributed by atoms with Crippen molar-refractivity contribution in [2.75, 3.05) is 31.6 Å². The van der Waals surface area contributed by atoms with Crippen LogP contribution in [-0.2, 0) is 4.74 Å². The molecule has 0 bridgehead atoms. The van der Waals surface area contributed by atoms with Gasteiger partial charge in [-0.05, 0) is 37.5 Å². The van der Waals surface area contributed by atoms with E-state index >= 15 is 0 Å². The quantitative estimate of drug-likeness (QED) is 0.823. The predicted molar refractivity (Wildman–Crippen MR) is 91.3 cm³/mol. The second-order valence-corrected chi connectivity index (χ2v) is 8.57. The van der Waals surface area contributed by atoms with E-state index < -0.39 is 23.5 Å². The molecule has 5 nitrogen and oxygen atoms in total. The normalized spacial score (nSPS) is 29.8. The molecule has 0 spiro atoms. The number of amides is 2. The Morgan fingerprint density at radius 1 is 1.35 bits per heavy atom. The van der Waals surface area contributed by atoms with E-state index in [9.17, 15) is 18.0 Å². The number of fused-ring (bicyclic) bond motifs is 1. The van der Waals surface area contributed by atoms with Gasteiger partial charge < -0.3 is 9.64 Å². The van der Waals surface area contributed by atoms with E-state index in [1.54, 1.807) is 6.20 Å². The SMILES string of the molecule is O=C(Nc1ncc(C2CCOCC2)s1)N1C[C@@H]2CCC[C@]2(C(F)(F)F)C1. The van der Waals surface area contributed by atoms with Crippen LogP contribution in [0.25, 0.3) is 0 Å². The summed E-state index contributed by atoms with van der Waals surface area (Å²) in [5, 5.41) is 3.15. The maximum absolute atomic E-state index is 13.6. The average Bonchev–Trinajstić information content (AvgIpc) is 3.28. The monoisotopic (exact) mass is 389 g/mol. The minimum Gasteiger partial charge on any atom is -0.381 e. The van der Waals surface area contributed by atoms with Crippen LogP contribution in [0, 0.1) is 11.3 Å². The van der Waals surface area contributed by atoms with Gasteiger partial charge in [-0.3, -0.25) is 5.32 Å². The fraction of sp³-hybridized carbons (Fsp3) is 0.765. The molecule has 2 aliphatic heterocycles. The molecule has 0 aromatic carbocycles. The number of aromatic nitrogens is 1. The molecule has 0 unspecified atom stereocenters. The van der Waals surface area contributed by atoms with Crippen LogP contribution >= 0.6 is 11.3 Å². The molecule has 3 fully saturated rings. The Morgan fingerprint density at radius 2 is 2.12 bits per heavy atom. The third kappa shape index (κ3) is 3.09. The van der Waals surface area contributed by atoms with Crippen LogP contribution in [0.5, 0.6) is 0 Å². The summed E-state index contributed by atoms with van der Waals surface area (Å²) in [6, 6.07) is -0.476. The number of nitrogens with zero attached hydrogens (tertiary/aromatic N) is 2. The lowest BCUT2D eigenvalue weighted by Gasteiger charge is -2.31. The van der Waals surface area contributed by atoms with Crippen molar-refractivity contribution in [3.8, 4) is 0 Å². The molecule has 1 saturated carbocycles. The lowest BCUT2D eigenvalue weighted by molar-refractivity contribution is -0.226. The van der Waals surface area contributed by atoms with Crippen LogP contribution < -0.4 is 5.32 Å². The number of hydrogen-bond donors (Lipinski definition) is 1. The molecule has 9 heteroatoms. The van der Waals surface area contributed by atoms with Crippen LogP contribution in [0.15, 0.2) is 6.20 Å². The third-order valence-electron chi connectivity index (χ3n) is 6.08. The standard InChI is InChI=1S/C17H22F3N3O2S/c18-17(19,20)16-5-1-2-12(16)9-23(10-16)15(24)22-14-21-8-13(26-14)11-3-6-25-7-4-11/h8,11-12H,1-7,9-10H2,(H,21,22,24)/t12-,16-/m0/s1. The van der Waals surface area contributed by atoms with E-state index in [1.807, 2.05) is 0 Å². The van der Waals surface area contributed by atoms with Crippen molar-refractivity contribution in [1.29, 1.82) is 0 Å². The van der Waals surface area contributed by atoms with Gasteiger partial charge in [0.15, 0.2) is 5.13 Å². The summed E-state index contributed by atoms with van der Waals surface area (Å²) < 4.78 is 46.2. The number of carbonyl (C=O) groups is 1. The van der Waals surface area contributed by atoms with Crippen LogP contribution in [0.2, 0.25) is 0 Å². The van der Waals surface area contributed by atoms with Gasteiger partial charge in [-0.2, -0.15) is 13.2 Å². The molecular formula is C17H22F3N3O2S. The number of alkyl halides is 3. The summed E-state index contributed by atoms with van der Waals surface area (Å²) >= 11 is 1.40. The smallest absolute Gasteiger partial charge is 0.381 e. The average molecular weight is 389 g/mol. The summed E-state index contributed by atoms with van der Waals surface area (Å²) in [4.78, 5) is 19.1. The Kier molecular flexibility index (Phi) is 4.63. The van der Waals surface area contributed by atoms with Gasteiger partial charge in [-0.25, -0.2) is 9.78 Å². The Hall–Kier alpha value is -1.35. The van der Waals surface area contributed by atoms with Crippen molar-refractivity contribution in [2.45, 2.75) is 44.2 Å². The van der Waals surface area contributed by atoms with Gasteiger partial charge in [0.25, 0.3) is 0 Å². The largest absolute Gasteiger partial charge is 0.396 e. The molecule has 0 radical (unpaired) electrons. The molecule has 3 aliphatic rings. The van der Waals surface area contributed by atoms with Crippen LogP contribution in [-0.4, -0.2) is 48.4 Å². The molecule has 1 aromatic heterocycles. The number of rotatable bonds is 2. The number of urea groups is 1. The second-order valence-electron chi connectivity index (χ2n) is 7.51. The van der Waals surface area contributed by atoms with E-state index in [1.165, 1.54) is 16.2 Å². The first-order valence-electron chi connectivity index (χ1n) is 9.05. The zero-order chi connectivity index (χ0) is 18.4. The Balaban J connectivity index is 1.41. The Bertz CT molecular complexity index is 674. The van der Waals surface area contributed by atoms with Gasteiger partial charge in [0.05, 0.1) is 5.41 Å². The summed E-state index contributed by atoms with van der Waals surface area (Å²) in [5.41, 5.74) is -1.72. The summed E-state index contributed by atoms with van der Waals surface area (Å²) in [6.45, 7) is 1.37. The predicted octanol–water partition coefficient (Wildman–Crippen LogP) is 4.23. The first kappa shape index (κ1) is 18.0. The van der Waals surface area contributed by atoms with Crippen LogP contribution in [0.3, 0.4) is 0 Å². The highest BCUT2D eigenvalue weighted by molar-refractivity contribution is 7.15. The highest BCUT2D eigenvalue weighted by Gasteiger charge is 2.65. The minimum atomic E-state index is -4.26. The topological polar surface area (TPSA) is 54.5 Å². The lowest BCUT2D eigenvalue weighted by atomic mass is 9.80. The van der Waals surface area contributed by atoms with Crippen molar-refractivity contribution in [3.63, 3.8) is 0 Å². The number of thiazole rings is 1. The number of likely N-dealkylation sites (tertiary alicyclic amines) is 1. The van der Waals surface area contributed by atoms with Crippen LogP contribution in [0.1, 0.15) is 42.9 Å². The van der Waals surface area contributed by atoms with Crippen molar-refractivity contribution in [1.82, 2.24) is 9.88 Å². The first-order chi connectivity index (χ1) is 12.4.